The van der Waals surface area contributed by atoms with E-state index in [1.54, 1.807) is 18.3 Å². The van der Waals surface area contributed by atoms with Crippen molar-refractivity contribution in [2.75, 3.05) is 12.5 Å². The largest absolute Gasteiger partial charge is 0.465 e. The number of carbonyl (C=O) groups excluding carboxylic acids is 1. The van der Waals surface area contributed by atoms with Gasteiger partial charge in [-0.2, -0.15) is 5.10 Å². The van der Waals surface area contributed by atoms with E-state index < -0.39 is 5.97 Å². The van der Waals surface area contributed by atoms with E-state index in [0.29, 0.717) is 11.4 Å². The number of hydrazone groups is 1. The van der Waals surface area contributed by atoms with Gasteiger partial charge in [-0.3, -0.25) is 5.43 Å². The first-order valence-electron chi connectivity index (χ1n) is 8.62. The fraction of sp³-hybridized carbons (Fsp3) is 0.238. The molecule has 3 aromatic rings. The Kier molecular flexibility index (Phi) is 5.16. The molecule has 2 heterocycles. The molecular formula is C21H22N4O2. The average molecular weight is 362 g/mol. The highest BCUT2D eigenvalue weighted by atomic mass is 16.5. The summed E-state index contributed by atoms with van der Waals surface area (Å²) in [5.74, 6) is 0.0997. The number of carbonyl (C=O) groups is 1. The molecule has 0 aliphatic carbocycles. The first-order valence-corrected chi connectivity index (χ1v) is 8.62. The second-order valence-electron chi connectivity index (χ2n) is 7.16. The zero-order valence-corrected chi connectivity index (χ0v) is 15.9. The molecule has 0 spiro atoms. The summed E-state index contributed by atoms with van der Waals surface area (Å²) in [6.07, 6.45) is 3.09. The summed E-state index contributed by atoms with van der Waals surface area (Å²) < 4.78 is 4.65. The van der Waals surface area contributed by atoms with Crippen LogP contribution < -0.4 is 5.43 Å². The van der Waals surface area contributed by atoms with E-state index >= 15 is 0 Å². The molecule has 0 atom stereocenters. The number of anilines is 1. The van der Waals surface area contributed by atoms with Gasteiger partial charge in [-0.25, -0.2) is 14.8 Å². The maximum atomic E-state index is 11.4. The van der Waals surface area contributed by atoms with Gasteiger partial charge in [-0.15, -0.1) is 0 Å². The third-order valence-electron chi connectivity index (χ3n) is 4.11. The Morgan fingerprint density at radius 3 is 2.63 bits per heavy atom. The Morgan fingerprint density at radius 2 is 1.96 bits per heavy atom. The summed E-state index contributed by atoms with van der Waals surface area (Å²) >= 11 is 0. The number of methoxy groups -OCH3 is 1. The smallest absolute Gasteiger partial charge is 0.339 e. The number of nitrogens with one attached hydrogen (secondary N) is 1. The maximum Gasteiger partial charge on any atom is 0.339 e. The summed E-state index contributed by atoms with van der Waals surface area (Å²) in [5, 5.41) is 5.29. The number of fused-ring (bicyclic) bond motifs is 1. The number of hydrogen-bond acceptors (Lipinski definition) is 6. The average Bonchev–Trinajstić information content (AvgIpc) is 2.66. The third-order valence-corrected chi connectivity index (χ3v) is 4.11. The Hall–Kier alpha value is -3.28. The number of hydrogen-bond donors (Lipinski definition) is 1. The molecule has 1 N–H and O–H groups in total. The quantitative estimate of drug-likeness (QED) is 0.428. The molecule has 0 amide bonds. The van der Waals surface area contributed by atoms with E-state index in [0.717, 1.165) is 16.6 Å². The van der Waals surface area contributed by atoms with Crippen LogP contribution in [0.3, 0.4) is 0 Å². The van der Waals surface area contributed by atoms with Crippen molar-refractivity contribution in [1.82, 2.24) is 9.97 Å². The van der Waals surface area contributed by atoms with Crippen molar-refractivity contribution in [3.63, 3.8) is 0 Å². The first kappa shape index (κ1) is 18.5. The van der Waals surface area contributed by atoms with E-state index in [2.05, 4.69) is 59.2 Å². The zero-order valence-electron chi connectivity index (χ0n) is 15.9. The van der Waals surface area contributed by atoms with Crippen molar-refractivity contribution in [3.8, 4) is 0 Å². The molecule has 1 aromatic carbocycles. The highest BCUT2D eigenvalue weighted by Gasteiger charge is 2.17. The van der Waals surface area contributed by atoms with Crippen LogP contribution in [0.1, 0.15) is 42.4 Å². The molecule has 0 fully saturated rings. The normalized spacial score (nSPS) is 11.7. The van der Waals surface area contributed by atoms with E-state index in [4.69, 9.17) is 4.98 Å². The van der Waals surface area contributed by atoms with Crippen LogP contribution >= 0.6 is 0 Å². The van der Waals surface area contributed by atoms with Crippen LogP contribution in [0.5, 0.6) is 0 Å². The number of benzene rings is 1. The van der Waals surface area contributed by atoms with Gasteiger partial charge >= 0.3 is 5.97 Å². The Balaban J connectivity index is 1.79. The predicted molar refractivity (Wildman–Crippen MR) is 107 cm³/mol. The molecule has 0 radical (unpaired) electrons. The summed E-state index contributed by atoms with van der Waals surface area (Å²) in [6, 6.07) is 13.5. The molecule has 3 rings (SSSR count). The van der Waals surface area contributed by atoms with Gasteiger partial charge in [0, 0.05) is 11.6 Å². The summed E-state index contributed by atoms with van der Waals surface area (Å²) in [4.78, 5) is 20.3. The van der Waals surface area contributed by atoms with Crippen molar-refractivity contribution in [2.24, 2.45) is 5.10 Å². The molecule has 6 nitrogen and oxygen atoms in total. The highest BCUT2D eigenvalue weighted by molar-refractivity contribution is 5.89. The van der Waals surface area contributed by atoms with Crippen molar-refractivity contribution in [1.29, 1.82) is 0 Å². The van der Waals surface area contributed by atoms with Crippen LogP contribution in [0.2, 0.25) is 0 Å². The lowest BCUT2D eigenvalue weighted by Gasteiger charge is -2.20. The number of esters is 1. The second-order valence-corrected chi connectivity index (χ2v) is 7.16. The van der Waals surface area contributed by atoms with Crippen molar-refractivity contribution in [2.45, 2.75) is 26.2 Å². The Labute approximate surface area is 158 Å². The lowest BCUT2D eigenvalue weighted by Crippen LogP contribution is -2.12. The van der Waals surface area contributed by atoms with Gasteiger partial charge in [0.1, 0.15) is 5.82 Å². The molecule has 0 bridgehead atoms. The zero-order chi connectivity index (χ0) is 19.4. The minimum absolute atomic E-state index is 0.00578. The molecular weight excluding hydrogens is 340 g/mol. The van der Waals surface area contributed by atoms with E-state index in [1.807, 2.05) is 12.1 Å². The van der Waals surface area contributed by atoms with E-state index in [-0.39, 0.29) is 5.41 Å². The molecule has 0 saturated carbocycles. The lowest BCUT2D eigenvalue weighted by molar-refractivity contribution is 0.0600. The topological polar surface area (TPSA) is 76.5 Å². The lowest BCUT2D eigenvalue weighted by atomic mass is 9.85. The Morgan fingerprint density at radius 1 is 1.15 bits per heavy atom. The van der Waals surface area contributed by atoms with Gasteiger partial charge in [-0.05, 0) is 29.2 Å². The molecule has 0 aliphatic heterocycles. The van der Waals surface area contributed by atoms with Crippen LogP contribution in [-0.2, 0) is 10.2 Å². The van der Waals surface area contributed by atoms with E-state index in [9.17, 15) is 4.79 Å². The molecule has 0 saturated heterocycles. The number of rotatable bonds is 4. The number of para-hydroxylation sites is 1. The number of aromatic nitrogens is 2. The molecule has 0 unspecified atom stereocenters. The van der Waals surface area contributed by atoms with Gasteiger partial charge in [0.05, 0.1) is 30.1 Å². The van der Waals surface area contributed by atoms with Crippen molar-refractivity contribution in [3.05, 3.63) is 65.5 Å². The monoisotopic (exact) mass is 362 g/mol. The fourth-order valence-corrected chi connectivity index (χ4v) is 2.70. The number of pyridine rings is 2. The minimum Gasteiger partial charge on any atom is -0.465 e. The van der Waals surface area contributed by atoms with Crippen LogP contribution in [0, 0.1) is 0 Å². The summed E-state index contributed by atoms with van der Waals surface area (Å²) in [6.45, 7) is 6.53. The fourth-order valence-electron chi connectivity index (χ4n) is 2.70. The molecule has 6 heteroatoms. The summed E-state index contributed by atoms with van der Waals surface area (Å²) in [5.41, 5.74) is 6.16. The van der Waals surface area contributed by atoms with Crippen LogP contribution in [-0.4, -0.2) is 29.3 Å². The Bertz CT molecular complexity index is 989. The SMILES string of the molecule is COC(=O)c1ccc(N/N=C\c2ccc3cccc(C(C)(C)C)c3n2)nc1. The van der Waals surface area contributed by atoms with Crippen LogP contribution in [0.4, 0.5) is 5.82 Å². The summed E-state index contributed by atoms with van der Waals surface area (Å²) in [7, 11) is 1.33. The standard InChI is InChI=1S/C21H22N4O2/c1-21(2,3)17-7-5-6-14-8-10-16(24-19(14)17)13-23-25-18-11-9-15(12-22-18)20(26)27-4/h5-13H,1-4H3,(H,22,25)/b23-13-. The van der Waals surface area contributed by atoms with Gasteiger partial charge in [0.2, 0.25) is 0 Å². The van der Waals surface area contributed by atoms with Crippen LogP contribution in [0.15, 0.2) is 53.8 Å². The van der Waals surface area contributed by atoms with Crippen molar-refractivity contribution < 1.29 is 9.53 Å². The van der Waals surface area contributed by atoms with Gasteiger partial charge in [0.15, 0.2) is 0 Å². The molecule has 0 aliphatic rings. The number of ether oxygens (including phenoxy) is 1. The minimum atomic E-state index is -0.424. The second kappa shape index (κ2) is 7.53. The van der Waals surface area contributed by atoms with Gasteiger partial charge in [-0.1, -0.05) is 45.0 Å². The van der Waals surface area contributed by atoms with E-state index in [1.165, 1.54) is 18.9 Å². The molecule has 2 aromatic heterocycles. The van der Waals surface area contributed by atoms with Crippen molar-refractivity contribution >= 4 is 28.9 Å². The number of nitrogens with zero attached hydrogens (tertiary/aromatic N) is 3. The third kappa shape index (κ3) is 4.28. The predicted octanol–water partition coefficient (Wildman–Crippen LogP) is 4.16. The first-order chi connectivity index (χ1) is 12.9. The molecule has 27 heavy (non-hydrogen) atoms. The maximum absolute atomic E-state index is 11.4. The highest BCUT2D eigenvalue weighted by Crippen LogP contribution is 2.28. The van der Waals surface area contributed by atoms with Gasteiger partial charge in [0.25, 0.3) is 0 Å². The van der Waals surface area contributed by atoms with Gasteiger partial charge < -0.3 is 4.74 Å². The van der Waals surface area contributed by atoms with Crippen LogP contribution in [0.25, 0.3) is 10.9 Å². The molecule has 138 valence electrons.